The van der Waals surface area contributed by atoms with Crippen LogP contribution in [-0.4, -0.2) is 42.0 Å². The molecule has 3 aromatic rings. The molecule has 3 atom stereocenters. The van der Waals surface area contributed by atoms with Gasteiger partial charge < -0.3 is 20.1 Å². The minimum Gasteiger partial charge on any atom is -0.497 e. The molecule has 0 radical (unpaired) electrons. The Morgan fingerprint density at radius 3 is 2.42 bits per heavy atom. The van der Waals surface area contributed by atoms with Crippen molar-refractivity contribution < 1.29 is 23.9 Å². The number of cyclic esters (lactones) is 1. The highest BCUT2D eigenvalue weighted by Gasteiger charge is 2.47. The minimum atomic E-state index is -0.870. The van der Waals surface area contributed by atoms with Gasteiger partial charge in [0.05, 0.1) is 13.7 Å². The Kier molecular flexibility index (Phi) is 8.31. The summed E-state index contributed by atoms with van der Waals surface area (Å²) < 4.78 is 10.9. The van der Waals surface area contributed by atoms with E-state index in [2.05, 4.69) is 10.6 Å². The molecule has 0 saturated carbocycles. The molecule has 0 bridgehead atoms. The lowest BCUT2D eigenvalue weighted by molar-refractivity contribution is -0.127. The third kappa shape index (κ3) is 6.14. The quantitative estimate of drug-likeness (QED) is 0.407. The molecule has 4 rings (SSSR count). The van der Waals surface area contributed by atoms with Gasteiger partial charge in [-0.05, 0) is 67.8 Å². The Morgan fingerprint density at radius 2 is 1.76 bits per heavy atom. The fraction of sp³-hybridized carbons (Fsp3) is 0.300. The summed E-state index contributed by atoms with van der Waals surface area (Å²) in [5, 5.41) is 5.88. The fourth-order valence-corrected chi connectivity index (χ4v) is 4.27. The van der Waals surface area contributed by atoms with Crippen molar-refractivity contribution in [1.82, 2.24) is 10.2 Å². The number of benzene rings is 3. The summed E-state index contributed by atoms with van der Waals surface area (Å²) in [7, 11) is 1.56. The van der Waals surface area contributed by atoms with Gasteiger partial charge in [0.2, 0.25) is 5.91 Å². The van der Waals surface area contributed by atoms with E-state index in [4.69, 9.17) is 9.47 Å². The van der Waals surface area contributed by atoms with Crippen LogP contribution in [-0.2, 0) is 16.1 Å². The van der Waals surface area contributed by atoms with Crippen LogP contribution in [0, 0.1) is 6.92 Å². The SMILES string of the molecule is CC[C@H](C)NC(=O)[C@@H]1[C@@H](c2cccc(NC(=O)c3ccc(OC)cc3)c2)OC(=O)N1Cc1ccc(C)cc1. The molecule has 1 saturated heterocycles. The second kappa shape index (κ2) is 11.8. The Labute approximate surface area is 222 Å². The van der Waals surface area contributed by atoms with Crippen LogP contribution in [0.1, 0.15) is 53.4 Å². The molecule has 1 fully saturated rings. The monoisotopic (exact) mass is 515 g/mol. The summed E-state index contributed by atoms with van der Waals surface area (Å²) in [6.07, 6.45) is -0.648. The molecule has 0 aliphatic carbocycles. The van der Waals surface area contributed by atoms with Gasteiger partial charge in [0.15, 0.2) is 12.1 Å². The molecule has 1 aliphatic heterocycles. The number of nitrogens with one attached hydrogen (secondary N) is 2. The van der Waals surface area contributed by atoms with E-state index in [-0.39, 0.29) is 24.4 Å². The fourth-order valence-electron chi connectivity index (χ4n) is 4.27. The first-order valence-corrected chi connectivity index (χ1v) is 12.7. The number of nitrogens with zero attached hydrogens (tertiary/aromatic N) is 1. The third-order valence-corrected chi connectivity index (χ3v) is 6.65. The molecule has 8 heteroatoms. The average molecular weight is 516 g/mol. The number of amides is 3. The molecular weight excluding hydrogens is 482 g/mol. The van der Waals surface area contributed by atoms with Gasteiger partial charge in [-0.1, -0.05) is 48.9 Å². The lowest BCUT2D eigenvalue weighted by Gasteiger charge is -2.26. The van der Waals surface area contributed by atoms with E-state index in [1.807, 2.05) is 45.0 Å². The lowest BCUT2D eigenvalue weighted by atomic mass is 9.99. The maximum atomic E-state index is 13.4. The van der Waals surface area contributed by atoms with Gasteiger partial charge >= 0.3 is 6.09 Å². The van der Waals surface area contributed by atoms with Crippen LogP contribution in [0.4, 0.5) is 10.5 Å². The normalized spacial score (nSPS) is 17.5. The molecule has 3 aromatic carbocycles. The molecule has 3 amide bonds. The lowest BCUT2D eigenvalue weighted by Crippen LogP contribution is -2.48. The highest BCUT2D eigenvalue weighted by atomic mass is 16.6. The summed E-state index contributed by atoms with van der Waals surface area (Å²) in [4.78, 5) is 40.7. The van der Waals surface area contributed by atoms with Gasteiger partial charge in [-0.3, -0.25) is 14.5 Å². The third-order valence-electron chi connectivity index (χ3n) is 6.65. The van der Waals surface area contributed by atoms with Crippen LogP contribution in [0.25, 0.3) is 0 Å². The topological polar surface area (TPSA) is 97.0 Å². The molecule has 0 spiro atoms. The Morgan fingerprint density at radius 1 is 1.05 bits per heavy atom. The van der Waals surface area contributed by atoms with Crippen molar-refractivity contribution in [3.8, 4) is 5.75 Å². The van der Waals surface area contributed by atoms with Gasteiger partial charge in [-0.2, -0.15) is 0 Å². The second-order valence-electron chi connectivity index (χ2n) is 9.49. The smallest absolute Gasteiger partial charge is 0.411 e. The number of carbonyl (C=O) groups is 3. The average Bonchev–Trinajstić information content (AvgIpc) is 3.25. The summed E-state index contributed by atoms with van der Waals surface area (Å²) in [5.41, 5.74) is 3.61. The maximum Gasteiger partial charge on any atom is 0.411 e. The molecule has 8 nitrogen and oxygen atoms in total. The summed E-state index contributed by atoms with van der Waals surface area (Å²) >= 11 is 0. The largest absolute Gasteiger partial charge is 0.497 e. The van der Waals surface area contributed by atoms with Crippen LogP contribution in [0.15, 0.2) is 72.8 Å². The predicted molar refractivity (Wildman–Crippen MR) is 145 cm³/mol. The summed E-state index contributed by atoms with van der Waals surface area (Å²) in [6.45, 7) is 6.14. The van der Waals surface area contributed by atoms with E-state index in [1.165, 1.54) is 4.90 Å². The standard InChI is InChI=1S/C30H33N3O5/c1-5-20(3)31-29(35)26-27(38-30(36)33(26)18-21-11-9-19(2)10-12-21)23-7-6-8-24(17-23)32-28(34)22-13-15-25(37-4)16-14-22/h6-17,20,26-27H,5,18H2,1-4H3,(H,31,35)(H,32,34)/t20-,26-,27+/m0/s1. The number of ether oxygens (including phenoxy) is 2. The van der Waals surface area contributed by atoms with Crippen molar-refractivity contribution in [1.29, 1.82) is 0 Å². The number of methoxy groups -OCH3 is 1. The van der Waals surface area contributed by atoms with Gasteiger partial charge in [-0.15, -0.1) is 0 Å². The highest BCUT2D eigenvalue weighted by molar-refractivity contribution is 6.04. The van der Waals surface area contributed by atoms with Crippen molar-refractivity contribution in [2.24, 2.45) is 0 Å². The predicted octanol–water partition coefficient (Wildman–Crippen LogP) is 5.23. The van der Waals surface area contributed by atoms with E-state index in [9.17, 15) is 14.4 Å². The van der Waals surface area contributed by atoms with E-state index in [1.54, 1.807) is 55.6 Å². The van der Waals surface area contributed by atoms with E-state index >= 15 is 0 Å². The van der Waals surface area contributed by atoms with E-state index in [0.717, 1.165) is 17.5 Å². The number of aryl methyl sites for hydroxylation is 1. The number of carbonyl (C=O) groups excluding carboxylic acids is 3. The summed E-state index contributed by atoms with van der Waals surface area (Å²) in [5.74, 6) is 0.0822. The van der Waals surface area contributed by atoms with Crippen molar-refractivity contribution in [3.63, 3.8) is 0 Å². The van der Waals surface area contributed by atoms with Crippen molar-refractivity contribution in [2.45, 2.75) is 51.9 Å². The van der Waals surface area contributed by atoms with Gasteiger partial charge in [-0.25, -0.2) is 4.79 Å². The van der Waals surface area contributed by atoms with Crippen LogP contribution in [0.2, 0.25) is 0 Å². The van der Waals surface area contributed by atoms with Crippen molar-refractivity contribution in [3.05, 3.63) is 95.1 Å². The molecule has 1 heterocycles. The number of rotatable bonds is 9. The van der Waals surface area contributed by atoms with Gasteiger partial charge in [0.25, 0.3) is 5.91 Å². The van der Waals surface area contributed by atoms with Crippen molar-refractivity contribution >= 4 is 23.6 Å². The number of hydrogen-bond acceptors (Lipinski definition) is 5. The molecule has 38 heavy (non-hydrogen) atoms. The van der Waals surface area contributed by atoms with Crippen LogP contribution >= 0.6 is 0 Å². The van der Waals surface area contributed by atoms with E-state index < -0.39 is 18.2 Å². The number of hydrogen-bond donors (Lipinski definition) is 2. The first-order valence-electron chi connectivity index (χ1n) is 12.7. The Hall–Kier alpha value is -4.33. The molecule has 0 unspecified atom stereocenters. The van der Waals surface area contributed by atoms with Crippen LogP contribution in [0.3, 0.4) is 0 Å². The van der Waals surface area contributed by atoms with Crippen molar-refractivity contribution in [2.75, 3.05) is 12.4 Å². The van der Waals surface area contributed by atoms with Gasteiger partial charge in [0.1, 0.15) is 5.75 Å². The zero-order valence-electron chi connectivity index (χ0n) is 22.1. The molecule has 198 valence electrons. The Bertz CT molecular complexity index is 1290. The minimum absolute atomic E-state index is 0.0600. The zero-order valence-corrected chi connectivity index (χ0v) is 22.1. The number of anilines is 1. The maximum absolute atomic E-state index is 13.4. The summed E-state index contributed by atoms with van der Waals surface area (Å²) in [6, 6.07) is 20.7. The molecular formula is C30H33N3O5. The molecule has 0 aromatic heterocycles. The zero-order chi connectivity index (χ0) is 27.2. The Balaban J connectivity index is 1.59. The van der Waals surface area contributed by atoms with Crippen LogP contribution in [0.5, 0.6) is 5.75 Å². The van der Waals surface area contributed by atoms with E-state index in [0.29, 0.717) is 22.6 Å². The molecule has 1 aliphatic rings. The first kappa shape index (κ1) is 26.7. The van der Waals surface area contributed by atoms with Gasteiger partial charge in [0, 0.05) is 17.3 Å². The van der Waals surface area contributed by atoms with Crippen LogP contribution < -0.4 is 15.4 Å². The first-order chi connectivity index (χ1) is 18.3. The highest BCUT2D eigenvalue weighted by Crippen LogP contribution is 2.35. The molecule has 2 N–H and O–H groups in total. The second-order valence-corrected chi connectivity index (χ2v) is 9.49.